The largest absolute Gasteiger partial charge is 0.465 e. The van der Waals surface area contributed by atoms with E-state index in [1.165, 1.54) is 0 Å². The van der Waals surface area contributed by atoms with Crippen molar-refractivity contribution in [2.24, 2.45) is 11.7 Å². The SMILES string of the molecule is CCOC(=O)C1(N)CCCC1CCn1ccnc1CC. The van der Waals surface area contributed by atoms with Gasteiger partial charge in [0.15, 0.2) is 0 Å². The number of hydrogen-bond donors (Lipinski definition) is 1. The first-order valence-electron chi connectivity index (χ1n) is 7.58. The molecule has 1 aromatic rings. The molecule has 1 saturated carbocycles. The molecule has 0 spiro atoms. The zero-order chi connectivity index (χ0) is 14.6. The van der Waals surface area contributed by atoms with E-state index in [2.05, 4.69) is 16.5 Å². The maximum atomic E-state index is 12.1. The Morgan fingerprint density at radius 1 is 1.60 bits per heavy atom. The molecule has 1 heterocycles. The number of nitrogens with two attached hydrogens (primary N) is 1. The highest BCUT2D eigenvalue weighted by atomic mass is 16.5. The maximum Gasteiger partial charge on any atom is 0.326 e. The summed E-state index contributed by atoms with van der Waals surface area (Å²) in [4.78, 5) is 16.4. The molecule has 1 aliphatic rings. The molecule has 0 radical (unpaired) electrons. The summed E-state index contributed by atoms with van der Waals surface area (Å²) in [6, 6.07) is 0. The number of carbonyl (C=O) groups excluding carboxylic acids is 1. The summed E-state index contributed by atoms with van der Waals surface area (Å²) in [6.45, 7) is 5.18. The van der Waals surface area contributed by atoms with Crippen LogP contribution in [0.4, 0.5) is 0 Å². The molecule has 20 heavy (non-hydrogen) atoms. The molecule has 112 valence electrons. The molecule has 0 aliphatic heterocycles. The van der Waals surface area contributed by atoms with Crippen molar-refractivity contribution in [1.82, 2.24) is 9.55 Å². The minimum Gasteiger partial charge on any atom is -0.465 e. The lowest BCUT2D eigenvalue weighted by molar-refractivity contribution is -0.151. The van der Waals surface area contributed by atoms with Gasteiger partial charge in [-0.2, -0.15) is 0 Å². The number of ether oxygens (including phenoxy) is 1. The first-order valence-corrected chi connectivity index (χ1v) is 7.58. The molecule has 2 rings (SSSR count). The van der Waals surface area contributed by atoms with Gasteiger partial charge in [0.1, 0.15) is 11.4 Å². The number of imidazole rings is 1. The molecule has 5 heteroatoms. The van der Waals surface area contributed by atoms with Crippen LogP contribution in [0.1, 0.15) is 45.4 Å². The second-order valence-electron chi connectivity index (χ2n) is 5.53. The second kappa shape index (κ2) is 6.39. The Hall–Kier alpha value is -1.36. The standard InChI is InChI=1S/C15H25N3O2/c1-3-13-17-9-11-18(13)10-7-12-6-5-8-15(12,16)14(19)20-4-2/h9,11-12H,3-8,10,16H2,1-2H3. The van der Waals surface area contributed by atoms with Crippen molar-refractivity contribution < 1.29 is 9.53 Å². The van der Waals surface area contributed by atoms with E-state index >= 15 is 0 Å². The Balaban J connectivity index is 1.99. The molecule has 0 saturated heterocycles. The normalized spacial score (nSPS) is 25.9. The minimum atomic E-state index is -0.789. The van der Waals surface area contributed by atoms with Gasteiger partial charge in [0, 0.05) is 25.4 Å². The smallest absolute Gasteiger partial charge is 0.326 e. The first-order chi connectivity index (χ1) is 9.61. The zero-order valence-corrected chi connectivity index (χ0v) is 12.5. The van der Waals surface area contributed by atoms with Crippen molar-refractivity contribution in [1.29, 1.82) is 0 Å². The second-order valence-corrected chi connectivity index (χ2v) is 5.53. The maximum absolute atomic E-state index is 12.1. The third-order valence-corrected chi connectivity index (χ3v) is 4.36. The number of hydrogen-bond acceptors (Lipinski definition) is 4. The fourth-order valence-corrected chi connectivity index (χ4v) is 3.19. The summed E-state index contributed by atoms with van der Waals surface area (Å²) in [5, 5.41) is 0. The number of esters is 1. The van der Waals surface area contributed by atoms with Crippen molar-refractivity contribution in [3.8, 4) is 0 Å². The van der Waals surface area contributed by atoms with E-state index in [-0.39, 0.29) is 11.9 Å². The van der Waals surface area contributed by atoms with E-state index in [9.17, 15) is 4.79 Å². The number of aromatic nitrogens is 2. The lowest BCUT2D eigenvalue weighted by Gasteiger charge is -2.29. The van der Waals surface area contributed by atoms with Crippen LogP contribution in [-0.4, -0.2) is 27.7 Å². The summed E-state index contributed by atoms with van der Waals surface area (Å²) < 4.78 is 7.31. The van der Waals surface area contributed by atoms with E-state index in [0.717, 1.165) is 44.5 Å². The zero-order valence-electron chi connectivity index (χ0n) is 12.5. The van der Waals surface area contributed by atoms with Crippen molar-refractivity contribution in [3.05, 3.63) is 18.2 Å². The van der Waals surface area contributed by atoms with Gasteiger partial charge in [-0.25, -0.2) is 4.98 Å². The summed E-state index contributed by atoms with van der Waals surface area (Å²) in [5.41, 5.74) is 5.55. The molecule has 2 unspecified atom stereocenters. The molecular weight excluding hydrogens is 254 g/mol. The number of aryl methyl sites for hydroxylation is 2. The Labute approximate surface area is 120 Å². The van der Waals surface area contributed by atoms with Crippen LogP contribution in [0, 0.1) is 5.92 Å². The average Bonchev–Trinajstić information content (AvgIpc) is 3.03. The Morgan fingerprint density at radius 2 is 2.40 bits per heavy atom. The third kappa shape index (κ3) is 2.87. The van der Waals surface area contributed by atoms with Crippen LogP contribution >= 0.6 is 0 Å². The van der Waals surface area contributed by atoms with Crippen molar-refractivity contribution in [2.75, 3.05) is 6.61 Å². The predicted octanol–water partition coefficient (Wildman–Crippen LogP) is 1.90. The van der Waals surface area contributed by atoms with Crippen molar-refractivity contribution in [2.45, 2.75) is 58.0 Å². The molecule has 1 aromatic heterocycles. The Kier molecular flexibility index (Phi) is 4.81. The summed E-state index contributed by atoms with van der Waals surface area (Å²) in [7, 11) is 0. The Bertz CT molecular complexity index is 458. The lowest BCUT2D eigenvalue weighted by Crippen LogP contribution is -2.52. The van der Waals surface area contributed by atoms with E-state index in [4.69, 9.17) is 10.5 Å². The van der Waals surface area contributed by atoms with E-state index in [1.54, 1.807) is 0 Å². The number of nitrogens with zero attached hydrogens (tertiary/aromatic N) is 2. The van der Waals surface area contributed by atoms with E-state index in [1.807, 2.05) is 19.3 Å². The van der Waals surface area contributed by atoms with Crippen LogP contribution in [0.5, 0.6) is 0 Å². The molecule has 0 aromatic carbocycles. The molecule has 2 atom stereocenters. The first kappa shape index (κ1) is 15.0. The molecule has 2 N–H and O–H groups in total. The molecule has 5 nitrogen and oxygen atoms in total. The fourth-order valence-electron chi connectivity index (χ4n) is 3.19. The molecule has 0 bridgehead atoms. The Morgan fingerprint density at radius 3 is 3.10 bits per heavy atom. The van der Waals surface area contributed by atoms with Crippen molar-refractivity contribution in [3.63, 3.8) is 0 Å². The van der Waals surface area contributed by atoms with Gasteiger partial charge >= 0.3 is 5.97 Å². The minimum absolute atomic E-state index is 0.202. The summed E-state index contributed by atoms with van der Waals surface area (Å²) in [5.74, 6) is 1.05. The number of rotatable bonds is 6. The van der Waals surface area contributed by atoms with Crippen LogP contribution in [-0.2, 0) is 22.5 Å². The van der Waals surface area contributed by atoms with Crippen LogP contribution in [0.25, 0.3) is 0 Å². The van der Waals surface area contributed by atoms with Gasteiger partial charge in [-0.15, -0.1) is 0 Å². The number of carbonyl (C=O) groups is 1. The molecular formula is C15H25N3O2. The summed E-state index contributed by atoms with van der Waals surface area (Å²) >= 11 is 0. The fraction of sp³-hybridized carbons (Fsp3) is 0.733. The van der Waals surface area contributed by atoms with Crippen LogP contribution in [0.2, 0.25) is 0 Å². The summed E-state index contributed by atoms with van der Waals surface area (Å²) in [6.07, 6.45) is 8.39. The predicted molar refractivity (Wildman–Crippen MR) is 77.1 cm³/mol. The van der Waals surface area contributed by atoms with Crippen LogP contribution in [0.3, 0.4) is 0 Å². The molecule has 0 amide bonds. The van der Waals surface area contributed by atoms with E-state index < -0.39 is 5.54 Å². The van der Waals surface area contributed by atoms with Gasteiger partial charge < -0.3 is 15.0 Å². The average molecular weight is 279 g/mol. The third-order valence-electron chi connectivity index (χ3n) is 4.36. The highest BCUT2D eigenvalue weighted by molar-refractivity contribution is 5.81. The quantitative estimate of drug-likeness (QED) is 0.807. The topological polar surface area (TPSA) is 70.1 Å². The van der Waals surface area contributed by atoms with Crippen LogP contribution in [0.15, 0.2) is 12.4 Å². The highest BCUT2D eigenvalue weighted by Gasteiger charge is 2.46. The van der Waals surface area contributed by atoms with E-state index in [0.29, 0.717) is 6.61 Å². The van der Waals surface area contributed by atoms with Crippen molar-refractivity contribution >= 4 is 5.97 Å². The van der Waals surface area contributed by atoms with Gasteiger partial charge in [0.25, 0.3) is 0 Å². The van der Waals surface area contributed by atoms with Gasteiger partial charge in [0.2, 0.25) is 0 Å². The monoisotopic (exact) mass is 279 g/mol. The van der Waals surface area contributed by atoms with Gasteiger partial charge in [-0.1, -0.05) is 13.3 Å². The molecule has 1 aliphatic carbocycles. The van der Waals surface area contributed by atoms with Gasteiger partial charge in [-0.3, -0.25) is 4.79 Å². The van der Waals surface area contributed by atoms with Gasteiger partial charge in [-0.05, 0) is 32.1 Å². The highest BCUT2D eigenvalue weighted by Crippen LogP contribution is 2.37. The van der Waals surface area contributed by atoms with Crippen LogP contribution < -0.4 is 5.73 Å². The van der Waals surface area contributed by atoms with Gasteiger partial charge in [0.05, 0.1) is 6.61 Å². The molecule has 1 fully saturated rings. The lowest BCUT2D eigenvalue weighted by atomic mass is 9.85.